The van der Waals surface area contributed by atoms with Crippen molar-refractivity contribution >= 4 is 17.5 Å². The Hall–Kier alpha value is -3.16. The maximum atomic E-state index is 12.3. The van der Waals surface area contributed by atoms with Gasteiger partial charge in [0.05, 0.1) is 7.11 Å². The lowest BCUT2D eigenvalue weighted by molar-refractivity contribution is -0.114. The highest BCUT2D eigenvalue weighted by Crippen LogP contribution is 2.29. The fraction of sp³-hybridized carbons (Fsp3) is 0.222. The van der Waals surface area contributed by atoms with Crippen LogP contribution in [0.2, 0.25) is 0 Å². The van der Waals surface area contributed by atoms with Crippen molar-refractivity contribution in [2.24, 2.45) is 0 Å². The predicted molar refractivity (Wildman–Crippen MR) is 91.5 cm³/mol. The van der Waals surface area contributed by atoms with E-state index in [-0.39, 0.29) is 29.9 Å². The maximum Gasteiger partial charge on any atom is 0.387 e. The zero-order valence-corrected chi connectivity index (χ0v) is 14.2. The molecule has 2 amide bonds. The lowest BCUT2D eigenvalue weighted by atomic mass is 10.1. The molecule has 0 saturated carbocycles. The van der Waals surface area contributed by atoms with Gasteiger partial charge < -0.3 is 20.1 Å². The number of benzene rings is 2. The first-order valence-corrected chi connectivity index (χ1v) is 7.66. The number of amides is 2. The molecule has 0 spiro atoms. The number of anilines is 1. The quantitative estimate of drug-likeness (QED) is 0.791. The lowest BCUT2D eigenvalue weighted by Crippen LogP contribution is -2.23. The van der Waals surface area contributed by atoms with E-state index < -0.39 is 6.61 Å². The van der Waals surface area contributed by atoms with Crippen molar-refractivity contribution < 1.29 is 27.8 Å². The summed E-state index contributed by atoms with van der Waals surface area (Å²) in [5.74, 6) is -0.518. The van der Waals surface area contributed by atoms with Gasteiger partial charge in [0.25, 0.3) is 5.91 Å². The Morgan fingerprint density at radius 1 is 1.12 bits per heavy atom. The summed E-state index contributed by atoms with van der Waals surface area (Å²) in [4.78, 5) is 23.3. The van der Waals surface area contributed by atoms with Crippen LogP contribution in [0.5, 0.6) is 11.5 Å². The summed E-state index contributed by atoms with van der Waals surface area (Å²) >= 11 is 0. The molecule has 0 saturated heterocycles. The van der Waals surface area contributed by atoms with Gasteiger partial charge in [0, 0.05) is 24.7 Å². The molecule has 2 N–H and O–H groups in total. The van der Waals surface area contributed by atoms with E-state index in [0.29, 0.717) is 16.8 Å². The van der Waals surface area contributed by atoms with E-state index in [2.05, 4.69) is 15.4 Å². The molecule has 0 bridgehead atoms. The number of methoxy groups -OCH3 is 1. The van der Waals surface area contributed by atoms with Crippen molar-refractivity contribution in [3.8, 4) is 11.5 Å². The highest BCUT2D eigenvalue weighted by atomic mass is 19.3. The van der Waals surface area contributed by atoms with Crippen molar-refractivity contribution in [1.82, 2.24) is 5.32 Å². The van der Waals surface area contributed by atoms with Gasteiger partial charge in [-0.2, -0.15) is 8.78 Å². The van der Waals surface area contributed by atoms with Gasteiger partial charge in [-0.15, -0.1) is 0 Å². The van der Waals surface area contributed by atoms with Crippen LogP contribution in [0.15, 0.2) is 42.5 Å². The number of ether oxygens (including phenoxy) is 2. The van der Waals surface area contributed by atoms with Gasteiger partial charge in [-0.1, -0.05) is 12.1 Å². The Morgan fingerprint density at radius 2 is 1.88 bits per heavy atom. The minimum absolute atomic E-state index is 0.0828. The summed E-state index contributed by atoms with van der Waals surface area (Å²) in [5.41, 5.74) is 1.54. The second kappa shape index (κ2) is 8.80. The zero-order valence-electron chi connectivity index (χ0n) is 14.2. The van der Waals surface area contributed by atoms with E-state index in [1.54, 1.807) is 30.3 Å². The standard InChI is InChI=1S/C18H18F2N2O4/c1-11(23)22-14-5-3-4-13(9-14)17(24)21-10-12-6-7-15(26-18(19)20)16(8-12)25-2/h3-9,18H,10H2,1-2H3,(H,21,24)(H,22,23). The molecule has 0 aliphatic rings. The highest BCUT2D eigenvalue weighted by molar-refractivity contribution is 5.96. The van der Waals surface area contributed by atoms with Gasteiger partial charge >= 0.3 is 6.61 Å². The zero-order chi connectivity index (χ0) is 19.1. The van der Waals surface area contributed by atoms with E-state index in [4.69, 9.17) is 4.74 Å². The summed E-state index contributed by atoms with van der Waals surface area (Å²) in [7, 11) is 1.34. The molecule has 8 heteroatoms. The Morgan fingerprint density at radius 3 is 2.54 bits per heavy atom. The molecule has 2 aromatic carbocycles. The summed E-state index contributed by atoms with van der Waals surface area (Å²) in [6.45, 7) is -1.42. The number of hydrogen-bond acceptors (Lipinski definition) is 4. The monoisotopic (exact) mass is 364 g/mol. The molecule has 0 heterocycles. The summed E-state index contributed by atoms with van der Waals surface area (Å²) < 4.78 is 34.0. The molecule has 0 aliphatic heterocycles. The summed E-state index contributed by atoms with van der Waals surface area (Å²) in [6, 6.07) is 10.9. The van der Waals surface area contributed by atoms with Crippen LogP contribution in [0.1, 0.15) is 22.8 Å². The smallest absolute Gasteiger partial charge is 0.387 e. The van der Waals surface area contributed by atoms with Crippen LogP contribution in [0.4, 0.5) is 14.5 Å². The third-order valence-corrected chi connectivity index (χ3v) is 3.34. The van der Waals surface area contributed by atoms with Gasteiger partial charge in [0.2, 0.25) is 5.91 Å². The largest absolute Gasteiger partial charge is 0.493 e. The first-order valence-electron chi connectivity index (χ1n) is 7.66. The number of nitrogens with one attached hydrogen (secondary N) is 2. The van der Waals surface area contributed by atoms with Crippen LogP contribution in [0, 0.1) is 0 Å². The Labute approximate surface area is 149 Å². The van der Waals surface area contributed by atoms with Gasteiger partial charge in [-0.05, 0) is 35.9 Å². The minimum atomic E-state index is -2.95. The number of alkyl halides is 2. The van der Waals surface area contributed by atoms with Crippen LogP contribution in [0.3, 0.4) is 0 Å². The van der Waals surface area contributed by atoms with Gasteiger partial charge in [-0.3, -0.25) is 9.59 Å². The number of carbonyl (C=O) groups is 2. The summed E-state index contributed by atoms with van der Waals surface area (Å²) in [6.07, 6.45) is 0. The molecular formula is C18H18F2N2O4. The average molecular weight is 364 g/mol. The van der Waals surface area contributed by atoms with Gasteiger partial charge in [0.15, 0.2) is 11.5 Å². The van der Waals surface area contributed by atoms with Crippen LogP contribution in [-0.4, -0.2) is 25.5 Å². The van der Waals surface area contributed by atoms with E-state index in [1.807, 2.05) is 0 Å². The number of carbonyl (C=O) groups excluding carboxylic acids is 2. The topological polar surface area (TPSA) is 76.7 Å². The average Bonchev–Trinajstić information content (AvgIpc) is 2.59. The number of rotatable bonds is 7. The second-order valence-electron chi connectivity index (χ2n) is 5.31. The number of halogens is 2. The second-order valence-corrected chi connectivity index (χ2v) is 5.31. The predicted octanol–water partition coefficient (Wildman–Crippen LogP) is 3.19. The van der Waals surface area contributed by atoms with Gasteiger partial charge in [0.1, 0.15) is 0 Å². The molecular weight excluding hydrogens is 346 g/mol. The molecule has 0 fully saturated rings. The minimum Gasteiger partial charge on any atom is -0.493 e. The molecule has 0 atom stereocenters. The molecule has 138 valence electrons. The molecule has 2 aromatic rings. The Kier molecular flexibility index (Phi) is 6.48. The Balaban J connectivity index is 2.04. The Bertz CT molecular complexity index is 797. The van der Waals surface area contributed by atoms with Crippen molar-refractivity contribution in [2.75, 3.05) is 12.4 Å². The molecule has 26 heavy (non-hydrogen) atoms. The van der Waals surface area contributed by atoms with Crippen molar-refractivity contribution in [3.05, 3.63) is 53.6 Å². The normalized spacial score (nSPS) is 10.3. The van der Waals surface area contributed by atoms with Crippen LogP contribution in [-0.2, 0) is 11.3 Å². The van der Waals surface area contributed by atoms with Crippen LogP contribution < -0.4 is 20.1 Å². The van der Waals surface area contributed by atoms with Crippen molar-refractivity contribution in [2.45, 2.75) is 20.1 Å². The molecule has 0 aliphatic carbocycles. The first-order chi connectivity index (χ1) is 12.4. The fourth-order valence-electron chi connectivity index (χ4n) is 2.24. The number of hydrogen-bond donors (Lipinski definition) is 2. The summed E-state index contributed by atoms with van der Waals surface area (Å²) in [5, 5.41) is 5.31. The van der Waals surface area contributed by atoms with Crippen molar-refractivity contribution in [3.63, 3.8) is 0 Å². The highest BCUT2D eigenvalue weighted by Gasteiger charge is 2.12. The van der Waals surface area contributed by atoms with Crippen LogP contribution in [0.25, 0.3) is 0 Å². The fourth-order valence-corrected chi connectivity index (χ4v) is 2.24. The maximum absolute atomic E-state index is 12.3. The molecule has 6 nitrogen and oxygen atoms in total. The lowest BCUT2D eigenvalue weighted by Gasteiger charge is -2.12. The third-order valence-electron chi connectivity index (χ3n) is 3.34. The van der Waals surface area contributed by atoms with Gasteiger partial charge in [-0.25, -0.2) is 0 Å². The molecule has 0 unspecified atom stereocenters. The van der Waals surface area contributed by atoms with Crippen LogP contribution >= 0.6 is 0 Å². The van der Waals surface area contributed by atoms with E-state index in [9.17, 15) is 18.4 Å². The SMILES string of the molecule is COc1cc(CNC(=O)c2cccc(NC(C)=O)c2)ccc1OC(F)F. The molecule has 0 radical (unpaired) electrons. The molecule has 0 aromatic heterocycles. The van der Waals surface area contributed by atoms with E-state index >= 15 is 0 Å². The van der Waals surface area contributed by atoms with E-state index in [1.165, 1.54) is 26.2 Å². The van der Waals surface area contributed by atoms with Crippen molar-refractivity contribution in [1.29, 1.82) is 0 Å². The molecule has 2 rings (SSSR count). The van der Waals surface area contributed by atoms with E-state index in [0.717, 1.165) is 0 Å². The first kappa shape index (κ1) is 19.2. The third kappa shape index (κ3) is 5.44.